The van der Waals surface area contributed by atoms with Gasteiger partial charge in [0.2, 0.25) is 0 Å². The normalized spacial score (nSPS) is 22.7. The van der Waals surface area contributed by atoms with E-state index in [1.54, 1.807) is 38.1 Å². The second kappa shape index (κ2) is 6.67. The van der Waals surface area contributed by atoms with Gasteiger partial charge in [0.05, 0.1) is 12.1 Å². The van der Waals surface area contributed by atoms with Gasteiger partial charge in [-0.1, -0.05) is 24.4 Å². The van der Waals surface area contributed by atoms with Crippen LogP contribution in [0.25, 0.3) is 0 Å². The van der Waals surface area contributed by atoms with E-state index in [0.717, 1.165) is 25.7 Å². The number of benzene rings is 1. The largest absolute Gasteiger partial charge is 0.478 e. The average Bonchev–Trinajstić information content (AvgIpc) is 2.43. The lowest BCUT2D eigenvalue weighted by molar-refractivity contribution is -0.136. The van der Waals surface area contributed by atoms with Crippen molar-refractivity contribution in [2.75, 3.05) is 0 Å². The summed E-state index contributed by atoms with van der Waals surface area (Å²) in [6, 6.07) is 6.71. The molecule has 0 saturated heterocycles. The molecular weight excluding hydrogens is 290 g/mol. The minimum atomic E-state index is -1.01. The van der Waals surface area contributed by atoms with Gasteiger partial charge in [-0.3, -0.25) is 4.79 Å². The summed E-state index contributed by atoms with van der Waals surface area (Å²) in [6.45, 7) is 3.43. The molecule has 0 spiro atoms. The van der Waals surface area contributed by atoms with E-state index in [4.69, 9.17) is 16.3 Å². The zero-order valence-corrected chi connectivity index (χ0v) is 13.2. The van der Waals surface area contributed by atoms with Gasteiger partial charge in [-0.15, -0.1) is 0 Å². The number of amides is 1. The molecule has 21 heavy (non-hydrogen) atoms. The minimum absolute atomic E-state index is 0.181. The van der Waals surface area contributed by atoms with Crippen molar-refractivity contribution in [1.82, 2.24) is 5.32 Å². The maximum atomic E-state index is 12.4. The van der Waals surface area contributed by atoms with Gasteiger partial charge >= 0.3 is 0 Å². The molecule has 4 nitrogen and oxygen atoms in total. The molecule has 0 heterocycles. The van der Waals surface area contributed by atoms with Crippen LogP contribution in [0.15, 0.2) is 24.3 Å². The number of halogens is 1. The Bertz CT molecular complexity index is 487. The van der Waals surface area contributed by atoms with Gasteiger partial charge in [0, 0.05) is 5.02 Å². The number of carbonyl (C=O) groups is 1. The fourth-order valence-corrected chi connectivity index (χ4v) is 2.59. The van der Waals surface area contributed by atoms with E-state index in [0.29, 0.717) is 10.8 Å². The Morgan fingerprint density at radius 3 is 2.52 bits per heavy atom. The predicted octanol–water partition coefficient (Wildman–Crippen LogP) is 2.92. The monoisotopic (exact) mass is 311 g/mol. The van der Waals surface area contributed by atoms with E-state index in [-0.39, 0.29) is 11.9 Å². The van der Waals surface area contributed by atoms with Gasteiger partial charge in [-0.05, 0) is 51.0 Å². The molecule has 0 aromatic heterocycles. The molecule has 2 atom stereocenters. The maximum absolute atomic E-state index is 12.4. The molecule has 2 N–H and O–H groups in total. The van der Waals surface area contributed by atoms with Crippen LogP contribution in [0.1, 0.15) is 39.5 Å². The highest BCUT2D eigenvalue weighted by molar-refractivity contribution is 6.30. The number of rotatable bonds is 4. The first-order valence-corrected chi connectivity index (χ1v) is 7.70. The van der Waals surface area contributed by atoms with E-state index in [1.165, 1.54) is 0 Å². The molecule has 0 unspecified atom stereocenters. The molecule has 5 heteroatoms. The zero-order chi connectivity index (χ0) is 15.5. The maximum Gasteiger partial charge on any atom is 0.263 e. The van der Waals surface area contributed by atoms with Crippen LogP contribution in [0, 0.1) is 0 Å². The summed E-state index contributed by atoms with van der Waals surface area (Å²) < 4.78 is 5.74. The van der Waals surface area contributed by atoms with Crippen LogP contribution in [0.3, 0.4) is 0 Å². The summed E-state index contributed by atoms with van der Waals surface area (Å²) in [4.78, 5) is 12.4. The summed E-state index contributed by atoms with van der Waals surface area (Å²) in [5.74, 6) is 0.368. The molecular formula is C16H22ClNO3. The molecule has 0 aliphatic heterocycles. The van der Waals surface area contributed by atoms with E-state index in [1.807, 2.05) is 0 Å². The van der Waals surface area contributed by atoms with E-state index in [2.05, 4.69) is 5.32 Å². The van der Waals surface area contributed by atoms with E-state index < -0.39 is 11.7 Å². The van der Waals surface area contributed by atoms with Crippen molar-refractivity contribution < 1.29 is 14.6 Å². The molecule has 0 radical (unpaired) electrons. The Hall–Kier alpha value is -1.26. The van der Waals surface area contributed by atoms with Gasteiger partial charge in [0.15, 0.2) is 5.60 Å². The lowest BCUT2D eigenvalue weighted by atomic mass is 9.92. The van der Waals surface area contributed by atoms with Crippen molar-refractivity contribution >= 4 is 17.5 Å². The number of carbonyl (C=O) groups excluding carboxylic acids is 1. The zero-order valence-electron chi connectivity index (χ0n) is 12.4. The van der Waals surface area contributed by atoms with Gasteiger partial charge in [0.25, 0.3) is 5.91 Å². The number of hydrogen-bond donors (Lipinski definition) is 2. The summed E-state index contributed by atoms with van der Waals surface area (Å²) in [6.07, 6.45) is 3.13. The van der Waals surface area contributed by atoms with Crippen LogP contribution < -0.4 is 10.1 Å². The Morgan fingerprint density at radius 1 is 1.29 bits per heavy atom. The Morgan fingerprint density at radius 2 is 1.90 bits per heavy atom. The molecule has 1 saturated carbocycles. The van der Waals surface area contributed by atoms with Crippen molar-refractivity contribution in [2.45, 2.75) is 57.3 Å². The number of aliphatic hydroxyl groups is 1. The Labute approximate surface area is 130 Å². The van der Waals surface area contributed by atoms with E-state index in [9.17, 15) is 9.90 Å². The highest BCUT2D eigenvalue weighted by Crippen LogP contribution is 2.23. The topological polar surface area (TPSA) is 58.6 Å². The van der Waals surface area contributed by atoms with Gasteiger partial charge in [0.1, 0.15) is 5.75 Å². The van der Waals surface area contributed by atoms with Crippen LogP contribution in [-0.4, -0.2) is 28.8 Å². The number of ether oxygens (including phenoxy) is 1. The first-order chi connectivity index (χ1) is 9.88. The number of hydrogen-bond acceptors (Lipinski definition) is 3. The Balaban J connectivity index is 1.97. The van der Waals surface area contributed by atoms with Gasteiger partial charge in [-0.2, -0.15) is 0 Å². The van der Waals surface area contributed by atoms with Crippen molar-refractivity contribution in [3.63, 3.8) is 0 Å². The molecule has 1 aliphatic carbocycles. The smallest absolute Gasteiger partial charge is 0.263 e. The average molecular weight is 312 g/mol. The van der Waals surface area contributed by atoms with Crippen LogP contribution in [0.5, 0.6) is 5.75 Å². The summed E-state index contributed by atoms with van der Waals surface area (Å²) in [7, 11) is 0. The first-order valence-electron chi connectivity index (χ1n) is 7.32. The third-order valence-electron chi connectivity index (χ3n) is 3.78. The first kappa shape index (κ1) is 16.1. The standard InChI is InChI=1S/C16H22ClNO3/c1-16(2,21-12-9-7-11(17)8-10-12)15(20)18-13-5-3-4-6-14(13)19/h7-10,13-14,19H,3-6H2,1-2H3,(H,18,20)/t13-,14-/m1/s1. The molecule has 2 rings (SSSR count). The highest BCUT2D eigenvalue weighted by atomic mass is 35.5. The van der Waals surface area contributed by atoms with E-state index >= 15 is 0 Å². The second-order valence-electron chi connectivity index (χ2n) is 6.00. The summed E-state index contributed by atoms with van der Waals surface area (Å²) >= 11 is 5.83. The summed E-state index contributed by atoms with van der Waals surface area (Å²) in [5, 5.41) is 13.5. The predicted molar refractivity (Wildman–Crippen MR) is 82.6 cm³/mol. The fourth-order valence-electron chi connectivity index (χ4n) is 2.47. The molecule has 1 aliphatic rings. The quantitative estimate of drug-likeness (QED) is 0.899. The molecule has 1 aromatic carbocycles. The minimum Gasteiger partial charge on any atom is -0.478 e. The van der Waals surface area contributed by atoms with Crippen LogP contribution in [0.2, 0.25) is 5.02 Å². The highest BCUT2D eigenvalue weighted by Gasteiger charge is 2.34. The molecule has 1 fully saturated rings. The number of aliphatic hydroxyl groups excluding tert-OH is 1. The molecule has 116 valence electrons. The fraction of sp³-hybridized carbons (Fsp3) is 0.562. The SMILES string of the molecule is CC(C)(Oc1ccc(Cl)cc1)C(=O)N[C@@H]1CCCC[C@H]1O. The molecule has 0 bridgehead atoms. The van der Waals surface area contributed by atoms with Crippen molar-refractivity contribution in [2.24, 2.45) is 0 Å². The van der Waals surface area contributed by atoms with Crippen molar-refractivity contribution in [3.05, 3.63) is 29.3 Å². The lowest BCUT2D eigenvalue weighted by Crippen LogP contribution is -2.53. The van der Waals surface area contributed by atoms with Gasteiger partial charge in [-0.25, -0.2) is 0 Å². The number of nitrogens with one attached hydrogen (secondary N) is 1. The lowest BCUT2D eigenvalue weighted by Gasteiger charge is -2.32. The third kappa shape index (κ3) is 4.35. The van der Waals surface area contributed by atoms with Crippen LogP contribution in [-0.2, 0) is 4.79 Å². The third-order valence-corrected chi connectivity index (χ3v) is 4.03. The van der Waals surface area contributed by atoms with Crippen LogP contribution >= 0.6 is 11.6 Å². The Kier molecular flexibility index (Phi) is 5.12. The van der Waals surface area contributed by atoms with Crippen molar-refractivity contribution in [3.8, 4) is 5.75 Å². The summed E-state index contributed by atoms with van der Waals surface area (Å²) in [5.41, 5.74) is -1.01. The van der Waals surface area contributed by atoms with Crippen molar-refractivity contribution in [1.29, 1.82) is 0 Å². The molecule has 1 aromatic rings. The second-order valence-corrected chi connectivity index (χ2v) is 6.43. The van der Waals surface area contributed by atoms with Crippen LogP contribution in [0.4, 0.5) is 0 Å². The van der Waals surface area contributed by atoms with Gasteiger partial charge < -0.3 is 15.2 Å². The molecule has 1 amide bonds.